The van der Waals surface area contributed by atoms with Crippen molar-refractivity contribution in [3.63, 3.8) is 0 Å². The number of ether oxygens (including phenoxy) is 1. The van der Waals surface area contributed by atoms with Crippen molar-refractivity contribution in [2.75, 3.05) is 7.11 Å². The van der Waals surface area contributed by atoms with Crippen LogP contribution in [0.5, 0.6) is 0 Å². The van der Waals surface area contributed by atoms with Crippen molar-refractivity contribution < 1.29 is 9.53 Å². The van der Waals surface area contributed by atoms with Crippen molar-refractivity contribution in [3.8, 4) is 0 Å². The molecule has 2 rings (SSSR count). The molecule has 1 aromatic rings. The van der Waals surface area contributed by atoms with Crippen molar-refractivity contribution in [1.29, 1.82) is 0 Å². The van der Waals surface area contributed by atoms with E-state index in [2.05, 4.69) is 14.7 Å². The van der Waals surface area contributed by atoms with Crippen LogP contribution in [0.2, 0.25) is 0 Å². The second kappa shape index (κ2) is 4.60. The molecule has 4 nitrogen and oxygen atoms in total. The molecule has 0 saturated heterocycles. The summed E-state index contributed by atoms with van der Waals surface area (Å²) in [5.74, 6) is 0.750. The zero-order valence-electron chi connectivity index (χ0n) is 9.69. The lowest BCUT2D eigenvalue weighted by Gasteiger charge is -2.10. The lowest BCUT2D eigenvalue weighted by Crippen LogP contribution is -2.09. The Morgan fingerprint density at radius 2 is 2.06 bits per heavy atom. The average molecular weight is 220 g/mol. The number of esters is 1. The van der Waals surface area contributed by atoms with Gasteiger partial charge in [0, 0.05) is 11.6 Å². The Kier molecular flexibility index (Phi) is 3.17. The Bertz CT molecular complexity index is 398. The van der Waals surface area contributed by atoms with Crippen LogP contribution in [0.3, 0.4) is 0 Å². The van der Waals surface area contributed by atoms with Gasteiger partial charge in [-0.15, -0.1) is 0 Å². The molecular formula is C12H16N2O2. The maximum Gasteiger partial charge on any atom is 0.356 e. The highest BCUT2D eigenvalue weighted by atomic mass is 16.5. The zero-order valence-corrected chi connectivity index (χ0v) is 9.69. The van der Waals surface area contributed by atoms with Crippen LogP contribution in [0.15, 0.2) is 6.07 Å². The molecule has 16 heavy (non-hydrogen) atoms. The summed E-state index contributed by atoms with van der Waals surface area (Å²) in [4.78, 5) is 19.9. The largest absolute Gasteiger partial charge is 0.464 e. The predicted molar refractivity (Wildman–Crippen MR) is 59.3 cm³/mol. The Morgan fingerprint density at radius 3 is 2.69 bits per heavy atom. The van der Waals surface area contributed by atoms with E-state index in [0.29, 0.717) is 17.4 Å². The predicted octanol–water partition coefficient (Wildman–Crippen LogP) is 2.23. The number of rotatable bonds is 2. The van der Waals surface area contributed by atoms with Gasteiger partial charge in [-0.2, -0.15) is 0 Å². The van der Waals surface area contributed by atoms with Gasteiger partial charge < -0.3 is 4.74 Å². The average Bonchev–Trinajstić information content (AvgIpc) is 2.80. The summed E-state index contributed by atoms with van der Waals surface area (Å²) in [6.45, 7) is 1.81. The van der Waals surface area contributed by atoms with E-state index < -0.39 is 0 Å². The molecule has 0 aromatic carbocycles. The SMILES string of the molecule is COC(=O)c1cc(C2CCCC2)nc(C)n1. The highest BCUT2D eigenvalue weighted by molar-refractivity contribution is 5.87. The Morgan fingerprint density at radius 1 is 1.38 bits per heavy atom. The second-order valence-electron chi connectivity index (χ2n) is 4.20. The quantitative estimate of drug-likeness (QED) is 0.717. The van der Waals surface area contributed by atoms with Crippen molar-refractivity contribution in [3.05, 3.63) is 23.3 Å². The van der Waals surface area contributed by atoms with Crippen LogP contribution in [0, 0.1) is 6.92 Å². The Balaban J connectivity index is 2.31. The second-order valence-corrected chi connectivity index (χ2v) is 4.20. The van der Waals surface area contributed by atoms with E-state index in [1.54, 1.807) is 6.07 Å². The molecule has 0 bridgehead atoms. The molecule has 86 valence electrons. The molecule has 0 atom stereocenters. The first-order chi connectivity index (χ1) is 7.70. The smallest absolute Gasteiger partial charge is 0.356 e. The van der Waals surface area contributed by atoms with E-state index in [4.69, 9.17) is 0 Å². The van der Waals surface area contributed by atoms with Crippen LogP contribution in [0.1, 0.15) is 53.6 Å². The van der Waals surface area contributed by atoms with Crippen molar-refractivity contribution in [2.24, 2.45) is 0 Å². The molecule has 0 aliphatic heterocycles. The standard InChI is InChI=1S/C12H16N2O2/c1-8-13-10(9-5-3-4-6-9)7-11(14-8)12(15)16-2/h7,9H,3-6H2,1-2H3. The summed E-state index contributed by atoms with van der Waals surface area (Å²) in [6.07, 6.45) is 4.83. The number of carbonyl (C=O) groups is 1. The monoisotopic (exact) mass is 220 g/mol. The van der Waals surface area contributed by atoms with Crippen LogP contribution < -0.4 is 0 Å². The number of aryl methyl sites for hydroxylation is 1. The van der Waals surface area contributed by atoms with E-state index in [1.165, 1.54) is 20.0 Å². The lowest BCUT2D eigenvalue weighted by atomic mass is 10.0. The van der Waals surface area contributed by atoms with Crippen LogP contribution in [0.25, 0.3) is 0 Å². The van der Waals surface area contributed by atoms with Gasteiger partial charge in [-0.1, -0.05) is 12.8 Å². The molecule has 0 amide bonds. The number of methoxy groups -OCH3 is 1. The number of carbonyl (C=O) groups excluding carboxylic acids is 1. The summed E-state index contributed by atoms with van der Waals surface area (Å²) < 4.78 is 4.68. The van der Waals surface area contributed by atoms with Gasteiger partial charge in [0.25, 0.3) is 0 Å². The number of hydrogen-bond acceptors (Lipinski definition) is 4. The topological polar surface area (TPSA) is 52.1 Å². The van der Waals surface area contributed by atoms with Crippen LogP contribution in [0.4, 0.5) is 0 Å². The van der Waals surface area contributed by atoms with E-state index in [9.17, 15) is 4.79 Å². The molecule has 0 radical (unpaired) electrons. The number of aromatic nitrogens is 2. The maximum absolute atomic E-state index is 11.4. The first-order valence-corrected chi connectivity index (χ1v) is 5.64. The minimum atomic E-state index is -0.384. The van der Waals surface area contributed by atoms with Gasteiger partial charge in [-0.05, 0) is 25.8 Å². The molecule has 1 heterocycles. The van der Waals surface area contributed by atoms with Gasteiger partial charge in [-0.3, -0.25) is 0 Å². The normalized spacial score (nSPS) is 16.4. The Labute approximate surface area is 95.1 Å². The fourth-order valence-electron chi connectivity index (χ4n) is 2.23. The van der Waals surface area contributed by atoms with Gasteiger partial charge >= 0.3 is 5.97 Å². The third-order valence-corrected chi connectivity index (χ3v) is 3.03. The summed E-state index contributed by atoms with van der Waals surface area (Å²) in [6, 6.07) is 1.77. The van der Waals surface area contributed by atoms with E-state index in [1.807, 2.05) is 6.92 Å². The summed E-state index contributed by atoms with van der Waals surface area (Å²) in [5, 5.41) is 0. The van der Waals surface area contributed by atoms with Gasteiger partial charge in [-0.25, -0.2) is 14.8 Å². The van der Waals surface area contributed by atoms with Gasteiger partial charge in [0.15, 0.2) is 5.69 Å². The highest BCUT2D eigenvalue weighted by Gasteiger charge is 2.20. The number of nitrogens with zero attached hydrogens (tertiary/aromatic N) is 2. The van der Waals surface area contributed by atoms with Crippen LogP contribution in [-0.2, 0) is 4.74 Å². The highest BCUT2D eigenvalue weighted by Crippen LogP contribution is 2.33. The first-order valence-electron chi connectivity index (χ1n) is 5.64. The van der Waals surface area contributed by atoms with E-state index in [0.717, 1.165) is 18.5 Å². The molecular weight excluding hydrogens is 204 g/mol. The van der Waals surface area contributed by atoms with Crippen molar-refractivity contribution in [2.45, 2.75) is 38.5 Å². The summed E-state index contributed by atoms with van der Waals surface area (Å²) in [5.41, 5.74) is 1.36. The number of hydrogen-bond donors (Lipinski definition) is 0. The third kappa shape index (κ3) is 2.21. The van der Waals surface area contributed by atoms with Crippen molar-refractivity contribution >= 4 is 5.97 Å². The van der Waals surface area contributed by atoms with E-state index in [-0.39, 0.29) is 5.97 Å². The molecule has 0 unspecified atom stereocenters. The van der Waals surface area contributed by atoms with E-state index >= 15 is 0 Å². The third-order valence-electron chi connectivity index (χ3n) is 3.03. The summed E-state index contributed by atoms with van der Waals surface area (Å²) >= 11 is 0. The Hall–Kier alpha value is -1.45. The lowest BCUT2D eigenvalue weighted by molar-refractivity contribution is 0.0593. The molecule has 1 aliphatic carbocycles. The fourth-order valence-corrected chi connectivity index (χ4v) is 2.23. The van der Waals surface area contributed by atoms with Gasteiger partial charge in [0.05, 0.1) is 7.11 Å². The molecule has 1 saturated carbocycles. The fraction of sp³-hybridized carbons (Fsp3) is 0.583. The molecule has 1 fully saturated rings. The van der Waals surface area contributed by atoms with Crippen LogP contribution in [-0.4, -0.2) is 23.0 Å². The van der Waals surface area contributed by atoms with Crippen molar-refractivity contribution in [1.82, 2.24) is 9.97 Å². The van der Waals surface area contributed by atoms with Gasteiger partial charge in [0.1, 0.15) is 5.82 Å². The summed E-state index contributed by atoms with van der Waals surface area (Å²) in [7, 11) is 1.37. The molecule has 1 aromatic heterocycles. The van der Waals surface area contributed by atoms with Crippen LogP contribution >= 0.6 is 0 Å². The molecule has 1 aliphatic rings. The minimum Gasteiger partial charge on any atom is -0.464 e. The minimum absolute atomic E-state index is 0.372. The molecule has 4 heteroatoms. The maximum atomic E-state index is 11.4. The molecule has 0 N–H and O–H groups in total. The zero-order chi connectivity index (χ0) is 11.5. The molecule has 0 spiro atoms. The van der Waals surface area contributed by atoms with Gasteiger partial charge in [0.2, 0.25) is 0 Å². The first kappa shape index (κ1) is 11.0.